The van der Waals surface area contributed by atoms with Gasteiger partial charge >= 0.3 is 5.76 Å². The maximum Gasteiger partial charge on any atom is 0.308 e. The molecular weight excluding hydrogens is 420 g/mol. The van der Waals surface area contributed by atoms with Crippen molar-refractivity contribution in [1.82, 2.24) is 19.9 Å². The Labute approximate surface area is 185 Å². The van der Waals surface area contributed by atoms with Crippen molar-refractivity contribution < 1.29 is 13.0 Å². The van der Waals surface area contributed by atoms with E-state index in [-0.39, 0.29) is 24.1 Å². The first-order chi connectivity index (χ1) is 14.9. The van der Waals surface area contributed by atoms with Gasteiger partial charge in [-0.15, -0.1) is 0 Å². The summed E-state index contributed by atoms with van der Waals surface area (Å²) in [6, 6.07) is 8.42. The molecule has 0 bridgehead atoms. The Bertz CT molecular complexity index is 1050. The highest BCUT2D eigenvalue weighted by Gasteiger charge is 2.37. The van der Waals surface area contributed by atoms with Crippen LogP contribution in [0.2, 0.25) is 0 Å². The van der Waals surface area contributed by atoms with Gasteiger partial charge in [0.1, 0.15) is 11.3 Å². The van der Waals surface area contributed by atoms with Gasteiger partial charge in [0.05, 0.1) is 36.7 Å². The van der Waals surface area contributed by atoms with Crippen molar-refractivity contribution in [2.75, 3.05) is 31.6 Å². The number of fused-ring (bicyclic) bond motifs is 1. The summed E-state index contributed by atoms with van der Waals surface area (Å²) in [5, 5.41) is 3.36. The zero-order chi connectivity index (χ0) is 22.0. The number of anilines is 2. The molecule has 2 aromatic heterocycles. The van der Waals surface area contributed by atoms with Crippen LogP contribution in [0, 0.1) is 0 Å². The monoisotopic (exact) mass is 447 g/mol. The average molecular weight is 448 g/mol. The zero-order valence-electron chi connectivity index (χ0n) is 17.9. The van der Waals surface area contributed by atoms with Gasteiger partial charge in [0.25, 0.3) is 0 Å². The van der Waals surface area contributed by atoms with E-state index in [9.17, 15) is 8.78 Å². The number of halogens is 2. The SMILES string of the molecule is CCc1cc(C2(COSC(F)F)CCNC2)ccc1N(C)c1cc2c(cn1)ncn2C. The second-order valence-corrected chi connectivity index (χ2v) is 8.75. The third-order valence-corrected chi connectivity index (χ3v) is 6.49. The summed E-state index contributed by atoms with van der Waals surface area (Å²) in [6.45, 7) is 3.94. The fourth-order valence-corrected chi connectivity index (χ4v) is 4.64. The van der Waals surface area contributed by atoms with Crippen LogP contribution in [0.1, 0.15) is 24.5 Å². The van der Waals surface area contributed by atoms with Crippen molar-refractivity contribution in [2.45, 2.75) is 30.9 Å². The number of aromatic nitrogens is 3. The Morgan fingerprint density at radius 2 is 2.16 bits per heavy atom. The molecule has 31 heavy (non-hydrogen) atoms. The first kappa shape index (κ1) is 22.0. The Morgan fingerprint density at radius 1 is 1.32 bits per heavy atom. The molecule has 1 fully saturated rings. The van der Waals surface area contributed by atoms with E-state index >= 15 is 0 Å². The van der Waals surface area contributed by atoms with Crippen LogP contribution < -0.4 is 10.2 Å². The molecule has 1 unspecified atom stereocenters. The van der Waals surface area contributed by atoms with E-state index in [0.29, 0.717) is 6.54 Å². The molecule has 1 aliphatic heterocycles. The van der Waals surface area contributed by atoms with Gasteiger partial charge < -0.3 is 19.0 Å². The normalized spacial score (nSPS) is 18.9. The smallest absolute Gasteiger partial charge is 0.308 e. The van der Waals surface area contributed by atoms with Crippen LogP contribution in [0.25, 0.3) is 11.0 Å². The van der Waals surface area contributed by atoms with Crippen molar-refractivity contribution >= 4 is 34.6 Å². The molecule has 0 radical (unpaired) electrons. The minimum absolute atomic E-state index is 0.245. The summed E-state index contributed by atoms with van der Waals surface area (Å²) in [5.41, 5.74) is 4.97. The van der Waals surface area contributed by atoms with E-state index in [1.54, 1.807) is 12.5 Å². The summed E-state index contributed by atoms with van der Waals surface area (Å²) >= 11 is 0.245. The molecule has 1 N–H and O–H groups in total. The van der Waals surface area contributed by atoms with Crippen molar-refractivity contribution in [3.05, 3.63) is 47.9 Å². The third-order valence-electron chi connectivity index (χ3n) is 6.09. The number of rotatable bonds is 8. The minimum Gasteiger partial charge on any atom is -0.334 e. The second kappa shape index (κ2) is 9.10. The Kier molecular flexibility index (Phi) is 6.45. The van der Waals surface area contributed by atoms with Gasteiger partial charge in [-0.25, -0.2) is 9.97 Å². The average Bonchev–Trinajstić information content (AvgIpc) is 3.40. The summed E-state index contributed by atoms with van der Waals surface area (Å²) in [5.74, 6) is -1.69. The molecule has 1 aliphatic rings. The molecular formula is C22H27F2N5OS. The Balaban J connectivity index is 1.64. The van der Waals surface area contributed by atoms with Gasteiger partial charge in [-0.05, 0) is 36.6 Å². The number of hydrogen-bond acceptors (Lipinski definition) is 6. The van der Waals surface area contributed by atoms with Crippen LogP contribution in [-0.4, -0.2) is 47.0 Å². The molecule has 9 heteroatoms. The largest absolute Gasteiger partial charge is 0.334 e. The molecule has 1 aromatic carbocycles. The molecule has 4 rings (SSSR count). The lowest BCUT2D eigenvalue weighted by Gasteiger charge is -2.30. The predicted molar refractivity (Wildman–Crippen MR) is 121 cm³/mol. The lowest BCUT2D eigenvalue weighted by atomic mass is 9.79. The van der Waals surface area contributed by atoms with E-state index < -0.39 is 5.76 Å². The van der Waals surface area contributed by atoms with Gasteiger partial charge in [0.2, 0.25) is 0 Å². The van der Waals surface area contributed by atoms with E-state index in [2.05, 4.69) is 45.3 Å². The first-order valence-corrected chi connectivity index (χ1v) is 11.2. The quantitative estimate of drug-likeness (QED) is 0.516. The van der Waals surface area contributed by atoms with E-state index in [0.717, 1.165) is 47.5 Å². The minimum atomic E-state index is -2.53. The highest BCUT2D eigenvalue weighted by atomic mass is 32.2. The maximum atomic E-state index is 12.6. The van der Waals surface area contributed by atoms with Crippen molar-refractivity contribution in [3.63, 3.8) is 0 Å². The van der Waals surface area contributed by atoms with E-state index in [4.69, 9.17) is 4.18 Å². The van der Waals surface area contributed by atoms with Crippen LogP contribution >= 0.6 is 12.0 Å². The van der Waals surface area contributed by atoms with Crippen molar-refractivity contribution in [3.8, 4) is 0 Å². The number of benzene rings is 1. The number of hydrogen-bond donors (Lipinski definition) is 1. The highest BCUT2D eigenvalue weighted by molar-refractivity contribution is 7.94. The summed E-state index contributed by atoms with van der Waals surface area (Å²) in [4.78, 5) is 11.0. The van der Waals surface area contributed by atoms with Gasteiger partial charge in [0, 0.05) is 37.8 Å². The van der Waals surface area contributed by atoms with Crippen molar-refractivity contribution in [2.24, 2.45) is 7.05 Å². The summed E-state index contributed by atoms with van der Waals surface area (Å²) in [6.07, 6.45) is 5.27. The highest BCUT2D eigenvalue weighted by Crippen LogP contribution is 2.37. The second-order valence-electron chi connectivity index (χ2n) is 7.97. The summed E-state index contributed by atoms with van der Waals surface area (Å²) in [7, 11) is 3.98. The molecule has 0 amide bonds. The fourth-order valence-electron chi connectivity index (χ4n) is 4.25. The van der Waals surface area contributed by atoms with Crippen LogP contribution in [0.4, 0.5) is 20.3 Å². The van der Waals surface area contributed by atoms with Gasteiger partial charge in [-0.1, -0.05) is 19.1 Å². The molecule has 166 valence electrons. The molecule has 6 nitrogen and oxygen atoms in total. The van der Waals surface area contributed by atoms with E-state index in [1.807, 2.05) is 24.7 Å². The number of nitrogens with one attached hydrogen (secondary N) is 1. The number of alkyl halides is 2. The standard InChI is InChI=1S/C22H27F2N5OS/c1-4-15-9-16(22(7-8-25-12-22)13-30-31-21(23)24)5-6-18(15)29(3)20-10-19-17(11-26-20)27-14-28(19)2/h5-6,9-11,14,21,25H,4,7-8,12-13H2,1-3H3. The molecule has 3 aromatic rings. The first-order valence-electron chi connectivity index (χ1n) is 10.3. The lowest BCUT2D eigenvalue weighted by Crippen LogP contribution is -2.34. The van der Waals surface area contributed by atoms with Gasteiger partial charge in [-0.2, -0.15) is 8.78 Å². The Hall–Kier alpha value is -2.23. The molecule has 1 atom stereocenters. The molecule has 1 saturated heterocycles. The van der Waals surface area contributed by atoms with Crippen LogP contribution in [-0.2, 0) is 23.1 Å². The molecule has 3 heterocycles. The zero-order valence-corrected chi connectivity index (χ0v) is 18.8. The van der Waals surface area contributed by atoms with Crippen LogP contribution in [0.3, 0.4) is 0 Å². The predicted octanol–water partition coefficient (Wildman–Crippen LogP) is 4.42. The number of imidazole rings is 1. The molecule has 0 spiro atoms. The van der Waals surface area contributed by atoms with Crippen LogP contribution in [0.15, 0.2) is 36.8 Å². The van der Waals surface area contributed by atoms with Gasteiger partial charge in [-0.3, -0.25) is 0 Å². The number of aryl methyl sites for hydroxylation is 2. The van der Waals surface area contributed by atoms with Crippen LogP contribution in [0.5, 0.6) is 0 Å². The van der Waals surface area contributed by atoms with Crippen molar-refractivity contribution in [1.29, 1.82) is 0 Å². The third kappa shape index (κ3) is 4.40. The fraction of sp³-hybridized carbons (Fsp3) is 0.455. The topological polar surface area (TPSA) is 55.2 Å². The number of nitrogens with zero attached hydrogens (tertiary/aromatic N) is 4. The maximum absolute atomic E-state index is 12.6. The lowest BCUT2D eigenvalue weighted by molar-refractivity contribution is 0.211. The van der Waals surface area contributed by atoms with E-state index in [1.165, 1.54) is 5.56 Å². The molecule has 0 saturated carbocycles. The Morgan fingerprint density at radius 3 is 2.87 bits per heavy atom. The van der Waals surface area contributed by atoms with Gasteiger partial charge in [0.15, 0.2) is 0 Å². The number of pyridine rings is 1. The molecule has 0 aliphatic carbocycles. The summed E-state index contributed by atoms with van der Waals surface area (Å²) < 4.78 is 32.4.